The van der Waals surface area contributed by atoms with Gasteiger partial charge in [-0.25, -0.2) is 4.79 Å². The van der Waals surface area contributed by atoms with Crippen LogP contribution in [0.5, 0.6) is 0 Å². The molecule has 0 atom stereocenters. The Kier molecular flexibility index (Phi) is 2.71. The van der Waals surface area contributed by atoms with Crippen LogP contribution in [0.4, 0.5) is 5.69 Å². The minimum Gasteiger partial charge on any atom is -0.545 e. The molecule has 0 saturated heterocycles. The van der Waals surface area contributed by atoms with E-state index in [0.29, 0.717) is 0 Å². The fourth-order valence-electron chi connectivity index (χ4n) is 1.03. The molecule has 0 bridgehead atoms. The summed E-state index contributed by atoms with van der Waals surface area (Å²) in [5.41, 5.74) is 5.11. The second-order valence-electron chi connectivity index (χ2n) is 2.55. The van der Waals surface area contributed by atoms with E-state index in [1.54, 1.807) is 0 Å². The molecule has 5 nitrogen and oxygen atoms in total. The lowest BCUT2D eigenvalue weighted by molar-refractivity contribution is -0.254. The van der Waals surface area contributed by atoms with E-state index in [9.17, 15) is 14.7 Å². The highest BCUT2D eigenvalue weighted by molar-refractivity contribution is 6.02. The normalized spacial score (nSPS) is 9.50. The summed E-state index contributed by atoms with van der Waals surface area (Å²) in [5.74, 6) is -2.10. The van der Waals surface area contributed by atoms with E-state index < -0.39 is 11.9 Å². The largest absolute Gasteiger partial charge is 0.545 e. The maximum Gasteiger partial charge on any atom is 0.339 e. The number of anilines is 1. The average molecular weight is 194 g/mol. The molecule has 5 heteroatoms. The molecule has 0 aliphatic heterocycles. The summed E-state index contributed by atoms with van der Waals surface area (Å²) < 4.78 is 4.42. The number of carbonyl (C=O) groups excluding carboxylic acids is 2. The average Bonchev–Trinajstić information content (AvgIpc) is 2.16. The highest BCUT2D eigenvalue weighted by atomic mass is 16.5. The SMILES string of the molecule is COC(=O)c1cccc(C(=O)[O-])c1N. The second-order valence-corrected chi connectivity index (χ2v) is 2.55. The standard InChI is InChI=1S/C9H9NO4/c1-14-9(13)6-4-2-3-5(7(6)10)8(11)12/h2-4H,10H2,1H3,(H,11,12)/p-1. The third kappa shape index (κ3) is 1.66. The number of carboxylic acid groups (broad SMARTS) is 1. The van der Waals surface area contributed by atoms with Crippen molar-refractivity contribution in [1.29, 1.82) is 0 Å². The molecule has 74 valence electrons. The lowest BCUT2D eigenvalue weighted by atomic mass is 10.1. The van der Waals surface area contributed by atoms with E-state index >= 15 is 0 Å². The van der Waals surface area contributed by atoms with Crippen molar-refractivity contribution in [2.75, 3.05) is 12.8 Å². The van der Waals surface area contributed by atoms with Gasteiger partial charge in [-0.15, -0.1) is 0 Å². The second kappa shape index (κ2) is 3.78. The lowest BCUT2D eigenvalue weighted by Gasteiger charge is -2.09. The molecule has 1 aromatic carbocycles. The number of benzene rings is 1. The predicted octanol–water partition coefficient (Wildman–Crippen LogP) is -0.581. The molecule has 0 unspecified atom stereocenters. The maximum absolute atomic E-state index is 11.1. The topological polar surface area (TPSA) is 92.5 Å². The first-order chi connectivity index (χ1) is 6.57. The third-order valence-corrected chi connectivity index (χ3v) is 1.73. The van der Waals surface area contributed by atoms with Gasteiger partial charge in [-0.3, -0.25) is 0 Å². The van der Waals surface area contributed by atoms with Crippen molar-refractivity contribution < 1.29 is 19.4 Å². The van der Waals surface area contributed by atoms with Crippen molar-refractivity contribution >= 4 is 17.6 Å². The summed E-state index contributed by atoms with van der Waals surface area (Å²) in [6, 6.07) is 4.04. The van der Waals surface area contributed by atoms with Crippen LogP contribution in [0.15, 0.2) is 18.2 Å². The number of para-hydroxylation sites is 1. The number of carbonyl (C=O) groups is 2. The molecule has 0 amide bonds. The Bertz CT molecular complexity index is 386. The van der Waals surface area contributed by atoms with Crippen molar-refractivity contribution in [2.45, 2.75) is 0 Å². The van der Waals surface area contributed by atoms with Crippen molar-refractivity contribution in [1.82, 2.24) is 0 Å². The van der Waals surface area contributed by atoms with Crippen LogP contribution in [-0.4, -0.2) is 19.0 Å². The molecule has 0 aliphatic carbocycles. The number of nitrogen functional groups attached to an aromatic ring is 1. The van der Waals surface area contributed by atoms with Crippen molar-refractivity contribution in [3.63, 3.8) is 0 Å². The molecular formula is C9H8NO4-. The zero-order valence-corrected chi connectivity index (χ0v) is 7.44. The Morgan fingerprint density at radius 2 is 1.93 bits per heavy atom. The number of carboxylic acids is 1. The molecule has 1 aromatic rings. The number of rotatable bonds is 2. The lowest BCUT2D eigenvalue weighted by Crippen LogP contribution is -2.24. The predicted molar refractivity (Wildman–Crippen MR) is 46.5 cm³/mol. The van der Waals surface area contributed by atoms with Gasteiger partial charge in [0.1, 0.15) is 0 Å². The summed E-state index contributed by atoms with van der Waals surface area (Å²) >= 11 is 0. The summed E-state index contributed by atoms with van der Waals surface area (Å²) in [6.07, 6.45) is 0. The van der Waals surface area contributed by atoms with Gasteiger partial charge in [0, 0.05) is 5.56 Å². The molecule has 14 heavy (non-hydrogen) atoms. The van der Waals surface area contributed by atoms with Gasteiger partial charge in [0.15, 0.2) is 0 Å². The molecule has 0 fully saturated rings. The van der Waals surface area contributed by atoms with Crippen molar-refractivity contribution in [2.24, 2.45) is 0 Å². The molecular weight excluding hydrogens is 186 g/mol. The molecule has 0 saturated carbocycles. The summed E-state index contributed by atoms with van der Waals surface area (Å²) in [7, 11) is 1.19. The monoisotopic (exact) mass is 194 g/mol. The van der Waals surface area contributed by atoms with Gasteiger partial charge in [0.25, 0.3) is 0 Å². The Balaban J connectivity index is 3.27. The van der Waals surface area contributed by atoms with Gasteiger partial charge in [-0.1, -0.05) is 12.1 Å². The van der Waals surface area contributed by atoms with E-state index in [1.165, 1.54) is 25.3 Å². The summed E-state index contributed by atoms with van der Waals surface area (Å²) in [4.78, 5) is 21.6. The number of nitrogens with two attached hydrogens (primary N) is 1. The van der Waals surface area contributed by atoms with Crippen LogP contribution in [0.25, 0.3) is 0 Å². The molecule has 0 heterocycles. The van der Waals surface area contributed by atoms with Crippen LogP contribution in [0.3, 0.4) is 0 Å². The van der Waals surface area contributed by atoms with Crippen molar-refractivity contribution in [3.05, 3.63) is 29.3 Å². The quantitative estimate of drug-likeness (QED) is 0.502. The molecule has 1 rings (SSSR count). The number of hydrogen-bond donors (Lipinski definition) is 1. The van der Waals surface area contributed by atoms with Crippen LogP contribution < -0.4 is 10.8 Å². The van der Waals surface area contributed by atoms with Gasteiger partial charge < -0.3 is 20.4 Å². The Morgan fingerprint density at radius 1 is 1.36 bits per heavy atom. The van der Waals surface area contributed by atoms with E-state index in [0.717, 1.165) is 0 Å². The Morgan fingerprint density at radius 3 is 2.43 bits per heavy atom. The van der Waals surface area contributed by atoms with E-state index in [2.05, 4.69) is 4.74 Å². The fraction of sp³-hybridized carbons (Fsp3) is 0.111. The molecule has 2 N–H and O–H groups in total. The minimum absolute atomic E-state index is 0.0224. The summed E-state index contributed by atoms with van der Waals surface area (Å²) in [6.45, 7) is 0. The van der Waals surface area contributed by atoms with Crippen molar-refractivity contribution in [3.8, 4) is 0 Å². The number of aromatic carboxylic acids is 1. The molecule has 0 radical (unpaired) electrons. The molecule has 0 aliphatic rings. The zero-order valence-electron chi connectivity index (χ0n) is 7.44. The highest BCUT2D eigenvalue weighted by Gasteiger charge is 2.12. The number of esters is 1. The van der Waals surface area contributed by atoms with E-state index in [4.69, 9.17) is 5.73 Å². The van der Waals surface area contributed by atoms with Crippen LogP contribution in [0.1, 0.15) is 20.7 Å². The van der Waals surface area contributed by atoms with Gasteiger partial charge in [0.05, 0.1) is 24.3 Å². The fourth-order valence-corrected chi connectivity index (χ4v) is 1.03. The molecule has 0 aromatic heterocycles. The maximum atomic E-state index is 11.1. The molecule has 0 spiro atoms. The first-order valence-electron chi connectivity index (χ1n) is 3.76. The minimum atomic E-state index is -1.42. The van der Waals surface area contributed by atoms with Crippen LogP contribution in [0, 0.1) is 0 Å². The zero-order chi connectivity index (χ0) is 10.7. The van der Waals surface area contributed by atoms with Gasteiger partial charge in [0.2, 0.25) is 0 Å². The number of ether oxygens (including phenoxy) is 1. The number of methoxy groups -OCH3 is 1. The third-order valence-electron chi connectivity index (χ3n) is 1.73. The number of hydrogen-bond acceptors (Lipinski definition) is 5. The van der Waals surface area contributed by atoms with Gasteiger partial charge in [-0.05, 0) is 6.07 Å². The van der Waals surface area contributed by atoms with Crippen LogP contribution in [-0.2, 0) is 4.74 Å². The smallest absolute Gasteiger partial charge is 0.339 e. The van der Waals surface area contributed by atoms with Gasteiger partial charge in [-0.2, -0.15) is 0 Å². The van der Waals surface area contributed by atoms with E-state index in [1.807, 2.05) is 0 Å². The Labute approximate surface area is 80.1 Å². The Hall–Kier alpha value is -2.04. The first kappa shape index (κ1) is 10.0. The van der Waals surface area contributed by atoms with E-state index in [-0.39, 0.29) is 16.8 Å². The highest BCUT2D eigenvalue weighted by Crippen LogP contribution is 2.17. The first-order valence-corrected chi connectivity index (χ1v) is 3.76. The van der Waals surface area contributed by atoms with Crippen LogP contribution in [0.2, 0.25) is 0 Å². The van der Waals surface area contributed by atoms with Gasteiger partial charge >= 0.3 is 5.97 Å². The van der Waals surface area contributed by atoms with Crippen LogP contribution >= 0.6 is 0 Å². The summed E-state index contributed by atoms with van der Waals surface area (Å²) in [5, 5.41) is 10.5.